The van der Waals surface area contributed by atoms with Gasteiger partial charge in [0.15, 0.2) is 0 Å². The zero-order valence-electron chi connectivity index (χ0n) is 23.9. The van der Waals surface area contributed by atoms with Gasteiger partial charge in [0.25, 0.3) is 0 Å². The number of aliphatic hydroxyl groups excluding tert-OH is 1. The Labute approximate surface area is 242 Å². The maximum absolute atomic E-state index is 8.07. The van der Waals surface area contributed by atoms with Crippen molar-refractivity contribution in [3.05, 3.63) is 128 Å². The first-order valence-electron chi connectivity index (χ1n) is 12.6. The average Bonchev–Trinajstić information content (AvgIpc) is 2.81. The maximum Gasteiger partial charge on any atom is 0.0430 e. The quantitative estimate of drug-likeness (QED) is 0.215. The Bertz CT molecular complexity index is 748. The molecule has 0 heterocycles. The summed E-state index contributed by atoms with van der Waals surface area (Å²) in [7, 11) is 0. The van der Waals surface area contributed by atoms with Crippen molar-refractivity contribution in [2.75, 3.05) is 6.61 Å². The van der Waals surface area contributed by atoms with Crippen molar-refractivity contribution in [2.45, 2.75) is 77.6 Å². The van der Waals surface area contributed by atoms with Crippen LogP contribution in [0.25, 0.3) is 0 Å². The third-order valence-electron chi connectivity index (χ3n) is 5.18. The summed E-state index contributed by atoms with van der Waals surface area (Å²) in [5, 5.41) is 8.07. The molecule has 0 fully saturated rings. The van der Waals surface area contributed by atoms with Crippen LogP contribution in [0.2, 0.25) is 0 Å². The molecule has 0 unspecified atom stereocenters. The third-order valence-corrected chi connectivity index (χ3v) is 5.18. The first-order valence-corrected chi connectivity index (χ1v) is 12.6. The van der Waals surface area contributed by atoms with Gasteiger partial charge in [0, 0.05) is 32.5 Å². The van der Waals surface area contributed by atoms with E-state index in [4.69, 9.17) is 5.11 Å². The molecule has 0 aliphatic carbocycles. The Balaban J connectivity index is 0. The largest absolute Gasteiger partial charge is 0.396 e. The second-order valence-electron chi connectivity index (χ2n) is 10.8. The molecule has 0 saturated carbocycles. The van der Waals surface area contributed by atoms with Crippen molar-refractivity contribution < 1.29 is 30.9 Å². The Morgan fingerprint density at radius 3 is 0.833 bits per heavy atom. The molecule has 3 aromatic carbocycles. The molecule has 3 rings (SSSR count). The number of benzene rings is 3. The van der Waals surface area contributed by atoms with E-state index in [1.165, 1.54) is 16.7 Å². The van der Waals surface area contributed by atoms with Crippen molar-refractivity contribution in [3.63, 3.8) is 0 Å². The molecule has 198 valence electrons. The van der Waals surface area contributed by atoms with Crippen molar-refractivity contribution in [1.29, 1.82) is 0 Å². The van der Waals surface area contributed by atoms with Gasteiger partial charge in [-0.1, -0.05) is 163 Å². The van der Waals surface area contributed by atoms with E-state index in [0.29, 0.717) is 6.61 Å². The Kier molecular flexibility index (Phi) is 19.0. The van der Waals surface area contributed by atoms with Gasteiger partial charge in [-0.15, -0.1) is 16.2 Å². The molecule has 0 saturated heterocycles. The van der Waals surface area contributed by atoms with E-state index in [1.54, 1.807) is 0 Å². The van der Waals surface area contributed by atoms with Gasteiger partial charge >= 0.3 is 0 Å². The monoisotopic (exact) mass is 653 g/mol. The van der Waals surface area contributed by atoms with Gasteiger partial charge in [-0.3, -0.25) is 0 Å². The van der Waals surface area contributed by atoms with Crippen molar-refractivity contribution in [2.24, 2.45) is 0 Å². The number of aliphatic hydroxyl groups is 1. The van der Waals surface area contributed by atoms with Gasteiger partial charge in [0.05, 0.1) is 0 Å². The molecule has 1 nitrogen and oxygen atoms in total. The molecule has 2 heteroatoms. The standard InChI is InChI=1S/3C10H13.C4H10O.Hf/c3*1-10(2,3)9-7-5-4-6-8-9;1-2-3-4-5;/h3*4-8H,1H2,2-3H3;5H,2-4H2,1H3;/q3*-1;;. The van der Waals surface area contributed by atoms with Crippen LogP contribution in [0.4, 0.5) is 0 Å². The minimum absolute atomic E-state index is 0. The molecule has 0 atom stereocenters. The number of unbranched alkanes of at least 4 members (excludes halogenated alkanes) is 1. The number of hydrogen-bond donors (Lipinski definition) is 1. The van der Waals surface area contributed by atoms with Crippen molar-refractivity contribution in [3.8, 4) is 0 Å². The summed E-state index contributed by atoms with van der Waals surface area (Å²) in [5.74, 6) is 0. The zero-order chi connectivity index (χ0) is 27.0. The molecule has 36 heavy (non-hydrogen) atoms. The van der Waals surface area contributed by atoms with Gasteiger partial charge in [-0.05, 0) is 6.42 Å². The third kappa shape index (κ3) is 17.8. The average molecular weight is 652 g/mol. The summed E-state index contributed by atoms with van der Waals surface area (Å²) < 4.78 is 0. The summed E-state index contributed by atoms with van der Waals surface area (Å²) in [6, 6.07) is 31.0. The molecule has 0 bridgehead atoms. The summed E-state index contributed by atoms with van der Waals surface area (Å²) in [5.41, 5.74) is 3.99. The molecule has 0 aliphatic heterocycles. The fraction of sp³-hybridized carbons (Fsp3) is 0.382. The minimum Gasteiger partial charge on any atom is -0.396 e. The van der Waals surface area contributed by atoms with Gasteiger partial charge in [0.2, 0.25) is 0 Å². The van der Waals surface area contributed by atoms with Gasteiger partial charge in [-0.2, -0.15) is 0 Å². The predicted octanol–water partition coefficient (Wildman–Crippen LogP) is 9.17. The van der Waals surface area contributed by atoms with Gasteiger partial charge in [-0.25, -0.2) is 0 Å². The van der Waals surface area contributed by atoms with E-state index >= 15 is 0 Å². The Hall–Kier alpha value is -1.51. The SMILES string of the molecule is CCCCO.[CH2-]C(C)(C)c1ccccc1.[CH2-]C(C)(C)c1ccccc1.[CH2-]C(C)(C)c1ccccc1.[Hf]. The van der Waals surface area contributed by atoms with E-state index < -0.39 is 0 Å². The van der Waals surface area contributed by atoms with E-state index in [9.17, 15) is 0 Å². The zero-order valence-corrected chi connectivity index (χ0v) is 27.4. The molecular formula is C34H49HfO-3. The van der Waals surface area contributed by atoms with Crippen LogP contribution in [-0.4, -0.2) is 11.7 Å². The molecule has 1 N–H and O–H groups in total. The second-order valence-corrected chi connectivity index (χ2v) is 10.8. The first kappa shape index (κ1) is 36.6. The van der Waals surface area contributed by atoms with Crippen molar-refractivity contribution >= 4 is 0 Å². The summed E-state index contributed by atoms with van der Waals surface area (Å²) in [4.78, 5) is 0. The topological polar surface area (TPSA) is 20.2 Å². The van der Waals surface area contributed by atoms with E-state index in [0.717, 1.165) is 12.8 Å². The van der Waals surface area contributed by atoms with Gasteiger partial charge in [0.1, 0.15) is 0 Å². The normalized spacial score (nSPS) is 10.8. The Morgan fingerprint density at radius 1 is 0.528 bits per heavy atom. The first-order chi connectivity index (χ1) is 16.2. The second kappa shape index (κ2) is 18.7. The van der Waals surface area contributed by atoms with E-state index in [2.05, 4.69) is 106 Å². The fourth-order valence-corrected chi connectivity index (χ4v) is 2.83. The smallest absolute Gasteiger partial charge is 0.0430 e. The van der Waals surface area contributed by atoms with E-state index in [1.807, 2.05) is 54.6 Å². The number of rotatable bonds is 5. The van der Waals surface area contributed by atoms with Crippen LogP contribution in [-0.2, 0) is 42.1 Å². The molecule has 0 radical (unpaired) electrons. The molecule has 3 aromatic rings. The maximum atomic E-state index is 8.07. The van der Waals surface area contributed by atoms with E-state index in [-0.39, 0.29) is 42.1 Å². The summed E-state index contributed by atoms with van der Waals surface area (Å²) in [6.45, 7) is 27.2. The molecule has 0 aliphatic rings. The molecule has 0 amide bonds. The predicted molar refractivity (Wildman–Crippen MR) is 156 cm³/mol. The van der Waals surface area contributed by atoms with Crippen LogP contribution >= 0.6 is 0 Å². The molecule has 0 aromatic heterocycles. The molecular weight excluding hydrogens is 603 g/mol. The van der Waals surface area contributed by atoms with Crippen LogP contribution in [0.3, 0.4) is 0 Å². The summed E-state index contributed by atoms with van der Waals surface area (Å²) in [6.07, 6.45) is 2.04. The van der Waals surface area contributed by atoms with Gasteiger partial charge < -0.3 is 25.9 Å². The number of hydrogen-bond acceptors (Lipinski definition) is 1. The van der Waals surface area contributed by atoms with Crippen molar-refractivity contribution in [1.82, 2.24) is 0 Å². The fourth-order valence-electron chi connectivity index (χ4n) is 2.83. The van der Waals surface area contributed by atoms with Crippen LogP contribution in [0.15, 0.2) is 91.0 Å². The summed E-state index contributed by atoms with van der Waals surface area (Å²) >= 11 is 0. The van der Waals surface area contributed by atoms with Crippen LogP contribution in [0.1, 0.15) is 78.0 Å². The van der Waals surface area contributed by atoms with Crippen LogP contribution in [0.5, 0.6) is 0 Å². The Morgan fingerprint density at radius 2 is 0.750 bits per heavy atom. The van der Waals surface area contributed by atoms with Crippen LogP contribution < -0.4 is 0 Å². The van der Waals surface area contributed by atoms with Crippen LogP contribution in [0, 0.1) is 20.8 Å². The molecule has 0 spiro atoms. The minimum atomic E-state index is 0.